The Morgan fingerprint density at radius 3 is 2.09 bits per heavy atom. The number of nitrogens with zero attached hydrogens (tertiary/aromatic N) is 2. The van der Waals surface area contributed by atoms with Gasteiger partial charge in [0, 0.05) is 19.0 Å². The largest absolute Gasteiger partial charge is 0.352 e. The molecule has 0 heterocycles. The number of anilines is 1. The number of benzene rings is 3. The molecule has 1 unspecified atom stereocenters. The van der Waals surface area contributed by atoms with Gasteiger partial charge in [0.1, 0.15) is 12.6 Å². The number of nitrogens with one attached hydrogen (secondary N) is 1. The van der Waals surface area contributed by atoms with E-state index in [4.69, 9.17) is 58.0 Å². The predicted molar refractivity (Wildman–Crippen MR) is 180 cm³/mol. The van der Waals surface area contributed by atoms with Gasteiger partial charge >= 0.3 is 0 Å². The molecule has 3 aromatic rings. The van der Waals surface area contributed by atoms with Crippen molar-refractivity contribution in [3.05, 3.63) is 96.9 Å². The molecule has 1 atom stereocenters. The van der Waals surface area contributed by atoms with Crippen LogP contribution in [-0.2, 0) is 32.6 Å². The Bertz CT molecular complexity index is 1600. The van der Waals surface area contributed by atoms with Crippen LogP contribution in [0.5, 0.6) is 0 Å². The lowest BCUT2D eigenvalue weighted by Gasteiger charge is -2.35. The minimum atomic E-state index is -4.05. The Hall–Kier alpha value is -2.20. The molecule has 1 fully saturated rings. The molecule has 7 nitrogen and oxygen atoms in total. The van der Waals surface area contributed by atoms with Gasteiger partial charge in [0.2, 0.25) is 21.8 Å². The highest BCUT2D eigenvalue weighted by atomic mass is 35.5. The fourth-order valence-corrected chi connectivity index (χ4v) is 7.10. The number of sulfonamides is 1. The average Bonchev–Trinajstić information content (AvgIpc) is 2.98. The van der Waals surface area contributed by atoms with Crippen molar-refractivity contribution in [3.8, 4) is 0 Å². The maximum absolute atomic E-state index is 14.3. The van der Waals surface area contributed by atoms with Gasteiger partial charge in [-0.3, -0.25) is 13.9 Å². The summed E-state index contributed by atoms with van der Waals surface area (Å²) in [7, 11) is -4.05. The SMILES string of the molecule is CS(=O)(=O)N(CC(=O)N(Cc1ccc(Cl)c(Cl)c1)C(Cc1ccccc1)C(=O)NC1CCCCC1)c1cc(Cl)c(Cl)cc1Cl. The molecule has 13 heteroatoms. The van der Waals surface area contributed by atoms with Crippen LogP contribution >= 0.6 is 58.0 Å². The zero-order chi connectivity index (χ0) is 32.0. The highest BCUT2D eigenvalue weighted by Gasteiger charge is 2.34. The highest BCUT2D eigenvalue weighted by Crippen LogP contribution is 2.36. The molecule has 1 saturated carbocycles. The summed E-state index contributed by atoms with van der Waals surface area (Å²) in [4.78, 5) is 29.7. The lowest BCUT2D eigenvalue weighted by molar-refractivity contribution is -0.140. The normalized spacial score (nSPS) is 14.6. The van der Waals surface area contributed by atoms with E-state index in [1.54, 1.807) is 18.2 Å². The van der Waals surface area contributed by atoms with Gasteiger partial charge in [-0.25, -0.2) is 8.42 Å². The zero-order valence-corrected chi connectivity index (χ0v) is 28.5. The number of halogens is 5. The molecule has 0 saturated heterocycles. The summed E-state index contributed by atoms with van der Waals surface area (Å²) < 4.78 is 27.0. The third-order valence-electron chi connectivity index (χ3n) is 7.50. The first-order valence-corrected chi connectivity index (χ1v) is 17.8. The third kappa shape index (κ3) is 9.18. The lowest BCUT2D eigenvalue weighted by atomic mass is 9.94. The van der Waals surface area contributed by atoms with Gasteiger partial charge in [0.05, 0.1) is 37.1 Å². The Labute approximate surface area is 283 Å². The number of carbonyl (C=O) groups is 2. The predicted octanol–water partition coefficient (Wildman–Crippen LogP) is 7.81. The van der Waals surface area contributed by atoms with Gasteiger partial charge in [-0.2, -0.15) is 0 Å². The minimum Gasteiger partial charge on any atom is -0.352 e. The summed E-state index contributed by atoms with van der Waals surface area (Å²) in [6.07, 6.45) is 5.98. The second-order valence-electron chi connectivity index (χ2n) is 10.8. The quantitative estimate of drug-likeness (QED) is 0.205. The molecular weight excluding hydrogens is 688 g/mol. The van der Waals surface area contributed by atoms with Crippen LogP contribution in [0.1, 0.15) is 43.2 Å². The molecular formula is C31H32Cl5N3O4S. The number of amides is 2. The van der Waals surface area contributed by atoms with Crippen molar-refractivity contribution in [2.24, 2.45) is 0 Å². The first-order valence-electron chi connectivity index (χ1n) is 14.0. The summed E-state index contributed by atoms with van der Waals surface area (Å²) in [5.74, 6) is -0.962. The fraction of sp³-hybridized carbons (Fsp3) is 0.355. The van der Waals surface area contributed by atoms with Gasteiger partial charge in [0.15, 0.2) is 0 Å². The number of carbonyl (C=O) groups excluding carboxylic acids is 2. The van der Waals surface area contributed by atoms with Gasteiger partial charge in [0.25, 0.3) is 0 Å². The van der Waals surface area contributed by atoms with Crippen LogP contribution in [0, 0.1) is 0 Å². The maximum Gasteiger partial charge on any atom is 0.244 e. The second kappa shape index (κ2) is 15.4. The molecule has 236 valence electrons. The van der Waals surface area contributed by atoms with Crippen LogP contribution in [0.25, 0.3) is 0 Å². The smallest absolute Gasteiger partial charge is 0.244 e. The monoisotopic (exact) mass is 717 g/mol. The van der Waals surface area contributed by atoms with Crippen molar-refractivity contribution in [1.29, 1.82) is 0 Å². The van der Waals surface area contributed by atoms with Gasteiger partial charge in [-0.05, 0) is 48.2 Å². The summed E-state index contributed by atoms with van der Waals surface area (Å²) in [5, 5.41) is 3.95. The summed E-state index contributed by atoms with van der Waals surface area (Å²) in [6.45, 7) is -0.697. The molecule has 1 aliphatic carbocycles. The number of hydrogen-bond donors (Lipinski definition) is 1. The van der Waals surface area contributed by atoms with E-state index >= 15 is 0 Å². The van der Waals surface area contributed by atoms with Crippen LogP contribution in [0.15, 0.2) is 60.7 Å². The molecule has 1 aliphatic rings. The minimum absolute atomic E-state index is 0.00969. The van der Waals surface area contributed by atoms with Crippen molar-refractivity contribution in [3.63, 3.8) is 0 Å². The van der Waals surface area contributed by atoms with Crippen molar-refractivity contribution in [1.82, 2.24) is 10.2 Å². The lowest BCUT2D eigenvalue weighted by Crippen LogP contribution is -2.55. The molecule has 0 aromatic heterocycles. The van der Waals surface area contributed by atoms with Crippen LogP contribution in [0.4, 0.5) is 5.69 Å². The zero-order valence-electron chi connectivity index (χ0n) is 23.9. The number of rotatable bonds is 11. The summed E-state index contributed by atoms with van der Waals surface area (Å²) >= 11 is 31.1. The van der Waals surface area contributed by atoms with Crippen LogP contribution in [-0.4, -0.2) is 50.0 Å². The Morgan fingerprint density at radius 1 is 0.818 bits per heavy atom. The summed E-state index contributed by atoms with van der Waals surface area (Å²) in [6, 6.07) is 15.9. The fourth-order valence-electron chi connectivity index (χ4n) is 5.23. The van der Waals surface area contributed by atoms with Crippen LogP contribution in [0.3, 0.4) is 0 Å². The Kier molecular flexibility index (Phi) is 12.1. The van der Waals surface area contributed by atoms with Crippen molar-refractivity contribution in [2.75, 3.05) is 17.1 Å². The Balaban J connectivity index is 1.77. The van der Waals surface area contributed by atoms with E-state index in [0.29, 0.717) is 10.6 Å². The van der Waals surface area contributed by atoms with Gasteiger partial charge in [-0.15, -0.1) is 0 Å². The van der Waals surface area contributed by atoms with E-state index in [9.17, 15) is 18.0 Å². The van der Waals surface area contributed by atoms with Crippen LogP contribution in [0.2, 0.25) is 25.1 Å². The molecule has 4 rings (SSSR count). The third-order valence-corrected chi connectivity index (χ3v) is 10.4. The van der Waals surface area contributed by atoms with E-state index in [-0.39, 0.29) is 50.7 Å². The first-order chi connectivity index (χ1) is 20.8. The standard InChI is InChI=1S/C31H32Cl5N3O4S/c1-44(42,43)39(28-17-26(35)25(34)16-27(28)36)19-30(40)38(18-21-12-13-23(32)24(33)14-21)29(15-20-8-4-2-5-9-20)31(41)37-22-10-6-3-7-11-22/h2,4-5,8-9,12-14,16-17,22,29H,3,6-7,10-11,15,18-19H2,1H3,(H,37,41). The molecule has 44 heavy (non-hydrogen) atoms. The second-order valence-corrected chi connectivity index (χ2v) is 14.7. The van der Waals surface area contributed by atoms with Crippen molar-refractivity contribution >= 4 is 85.5 Å². The molecule has 2 amide bonds. The topological polar surface area (TPSA) is 86.8 Å². The maximum atomic E-state index is 14.3. The van der Waals surface area contributed by atoms with E-state index in [0.717, 1.165) is 48.2 Å². The van der Waals surface area contributed by atoms with E-state index in [2.05, 4.69) is 5.32 Å². The average molecular weight is 720 g/mol. The van der Waals surface area contributed by atoms with Crippen molar-refractivity contribution < 1.29 is 18.0 Å². The molecule has 0 spiro atoms. The number of hydrogen-bond acceptors (Lipinski definition) is 4. The van der Waals surface area contributed by atoms with Crippen LogP contribution < -0.4 is 9.62 Å². The summed E-state index contributed by atoms with van der Waals surface area (Å²) in [5.41, 5.74) is 1.42. The van der Waals surface area contributed by atoms with E-state index in [1.165, 1.54) is 17.0 Å². The molecule has 0 radical (unpaired) electrons. The molecule has 0 bridgehead atoms. The van der Waals surface area contributed by atoms with Gasteiger partial charge in [-0.1, -0.05) is 114 Å². The van der Waals surface area contributed by atoms with Gasteiger partial charge < -0.3 is 10.2 Å². The van der Waals surface area contributed by atoms with Crippen molar-refractivity contribution in [2.45, 2.75) is 57.2 Å². The highest BCUT2D eigenvalue weighted by molar-refractivity contribution is 7.92. The molecule has 3 aromatic carbocycles. The van der Waals surface area contributed by atoms with E-state index < -0.39 is 28.5 Å². The Morgan fingerprint density at radius 2 is 1.45 bits per heavy atom. The first kappa shape index (κ1) is 34.7. The molecule has 0 aliphatic heterocycles. The van der Waals surface area contributed by atoms with E-state index in [1.807, 2.05) is 30.3 Å². The molecule has 1 N–H and O–H groups in total.